The summed E-state index contributed by atoms with van der Waals surface area (Å²) >= 11 is 0. The third-order valence-corrected chi connectivity index (χ3v) is 5.12. The van der Waals surface area contributed by atoms with E-state index in [0.29, 0.717) is 6.10 Å². The zero-order valence-electron chi connectivity index (χ0n) is 17.2. The van der Waals surface area contributed by atoms with Crippen molar-refractivity contribution >= 4 is 29.9 Å². The second-order valence-electron chi connectivity index (χ2n) is 7.33. The number of rotatable bonds is 11. The van der Waals surface area contributed by atoms with Crippen molar-refractivity contribution in [3.05, 3.63) is 0 Å². The summed E-state index contributed by atoms with van der Waals surface area (Å²) in [6.45, 7) is 10.8. The topological polar surface area (TPSA) is 58.1 Å². The highest BCUT2D eigenvalue weighted by atomic mass is 127. The fourth-order valence-corrected chi connectivity index (χ4v) is 3.57. The zero-order valence-corrected chi connectivity index (χ0v) is 19.5. The van der Waals surface area contributed by atoms with Crippen molar-refractivity contribution in [2.45, 2.75) is 64.4 Å². The van der Waals surface area contributed by atoms with E-state index in [4.69, 9.17) is 9.47 Å². The molecule has 2 rings (SSSR count). The Bertz CT molecular complexity index is 373. The largest absolute Gasteiger partial charge is 0.379 e. The molecule has 7 heteroatoms. The van der Waals surface area contributed by atoms with Gasteiger partial charge in [-0.3, -0.25) is 9.89 Å². The Hall–Kier alpha value is -0.120. The normalized spacial score (nSPS) is 19.5. The number of nitrogens with zero attached hydrogens (tertiary/aromatic N) is 2. The Balaban J connectivity index is 0.00000364. The lowest BCUT2D eigenvalue weighted by Crippen LogP contribution is -2.39. The average molecular weight is 496 g/mol. The summed E-state index contributed by atoms with van der Waals surface area (Å²) in [4.78, 5) is 7.17. The van der Waals surface area contributed by atoms with Gasteiger partial charge in [0.15, 0.2) is 5.96 Å². The van der Waals surface area contributed by atoms with Crippen LogP contribution >= 0.6 is 24.0 Å². The minimum absolute atomic E-state index is 0. The Kier molecular flexibility index (Phi) is 15.5. The first-order valence-corrected chi connectivity index (χ1v) is 10.8. The molecule has 0 radical (unpaired) electrons. The third-order valence-electron chi connectivity index (χ3n) is 5.12. The van der Waals surface area contributed by atoms with Gasteiger partial charge in [-0.2, -0.15) is 0 Å². The summed E-state index contributed by atoms with van der Waals surface area (Å²) in [7, 11) is 0. The van der Waals surface area contributed by atoms with E-state index in [1.54, 1.807) is 0 Å². The van der Waals surface area contributed by atoms with Crippen LogP contribution in [0.25, 0.3) is 0 Å². The molecule has 0 aromatic heterocycles. The van der Waals surface area contributed by atoms with Crippen LogP contribution in [0.1, 0.15) is 58.3 Å². The Morgan fingerprint density at radius 2 is 1.85 bits per heavy atom. The number of hydrogen-bond donors (Lipinski definition) is 2. The monoisotopic (exact) mass is 496 g/mol. The molecule has 1 aliphatic carbocycles. The van der Waals surface area contributed by atoms with E-state index in [9.17, 15) is 0 Å². The molecule has 0 spiro atoms. The summed E-state index contributed by atoms with van der Waals surface area (Å²) < 4.78 is 11.4. The molecule has 27 heavy (non-hydrogen) atoms. The van der Waals surface area contributed by atoms with Crippen molar-refractivity contribution in [2.24, 2.45) is 4.99 Å². The second-order valence-corrected chi connectivity index (χ2v) is 7.33. The molecule has 1 saturated carbocycles. The van der Waals surface area contributed by atoms with Crippen LogP contribution in [0, 0.1) is 0 Å². The number of morpholine rings is 1. The van der Waals surface area contributed by atoms with Gasteiger partial charge in [-0.15, -0.1) is 24.0 Å². The summed E-state index contributed by atoms with van der Waals surface area (Å²) in [5, 5.41) is 6.79. The molecule has 2 N–H and O–H groups in total. The van der Waals surface area contributed by atoms with Crippen molar-refractivity contribution < 1.29 is 9.47 Å². The zero-order chi connectivity index (χ0) is 18.3. The number of nitrogens with one attached hydrogen (secondary N) is 2. The smallest absolute Gasteiger partial charge is 0.191 e. The molecule has 0 aromatic rings. The first-order valence-electron chi connectivity index (χ1n) is 10.8. The molecule has 2 aliphatic rings. The summed E-state index contributed by atoms with van der Waals surface area (Å²) in [6.07, 6.45) is 10.5. The highest BCUT2D eigenvalue weighted by Crippen LogP contribution is 2.20. The Morgan fingerprint density at radius 3 is 2.59 bits per heavy atom. The number of guanidine groups is 1. The van der Waals surface area contributed by atoms with Crippen molar-refractivity contribution in [3.63, 3.8) is 0 Å². The SMILES string of the molecule is CCNC(=NCCCOC1CCCCC1)NCCCCN1CCOCC1.I. The van der Waals surface area contributed by atoms with Crippen LogP contribution in [0.5, 0.6) is 0 Å². The van der Waals surface area contributed by atoms with E-state index >= 15 is 0 Å². The molecule has 0 amide bonds. The predicted molar refractivity (Wildman–Crippen MR) is 123 cm³/mol. The van der Waals surface area contributed by atoms with Gasteiger partial charge in [0.1, 0.15) is 0 Å². The Morgan fingerprint density at radius 1 is 1.07 bits per heavy atom. The van der Waals surface area contributed by atoms with Gasteiger partial charge >= 0.3 is 0 Å². The molecule has 1 aliphatic heterocycles. The molecule has 1 saturated heterocycles. The quantitative estimate of drug-likeness (QED) is 0.199. The molecular formula is C20H41IN4O2. The van der Waals surface area contributed by atoms with Crippen LogP contribution in [0.4, 0.5) is 0 Å². The first kappa shape index (κ1) is 24.9. The maximum atomic E-state index is 5.97. The van der Waals surface area contributed by atoms with Crippen LogP contribution in [-0.2, 0) is 9.47 Å². The lowest BCUT2D eigenvalue weighted by Gasteiger charge is -2.26. The molecule has 0 bridgehead atoms. The van der Waals surface area contributed by atoms with Crippen molar-refractivity contribution in [2.75, 3.05) is 59.1 Å². The van der Waals surface area contributed by atoms with Gasteiger partial charge in [-0.05, 0) is 45.6 Å². The van der Waals surface area contributed by atoms with Crippen LogP contribution in [0.15, 0.2) is 4.99 Å². The van der Waals surface area contributed by atoms with E-state index in [1.165, 1.54) is 51.5 Å². The van der Waals surface area contributed by atoms with Crippen LogP contribution < -0.4 is 10.6 Å². The van der Waals surface area contributed by atoms with Gasteiger partial charge in [0.25, 0.3) is 0 Å². The first-order chi connectivity index (χ1) is 12.9. The van der Waals surface area contributed by atoms with E-state index in [0.717, 1.165) is 64.9 Å². The highest BCUT2D eigenvalue weighted by molar-refractivity contribution is 14.0. The fraction of sp³-hybridized carbons (Fsp3) is 0.950. The minimum atomic E-state index is 0. The van der Waals surface area contributed by atoms with Crippen LogP contribution in [-0.4, -0.2) is 76.1 Å². The van der Waals surface area contributed by atoms with Crippen LogP contribution in [0.2, 0.25) is 0 Å². The maximum Gasteiger partial charge on any atom is 0.191 e. The molecule has 0 atom stereocenters. The number of ether oxygens (including phenoxy) is 2. The van der Waals surface area contributed by atoms with E-state index in [-0.39, 0.29) is 24.0 Å². The lowest BCUT2D eigenvalue weighted by atomic mass is 9.98. The van der Waals surface area contributed by atoms with Gasteiger partial charge in [-0.1, -0.05) is 19.3 Å². The molecule has 1 heterocycles. The fourth-order valence-electron chi connectivity index (χ4n) is 3.57. The molecule has 6 nitrogen and oxygen atoms in total. The maximum absolute atomic E-state index is 5.97. The molecule has 0 unspecified atom stereocenters. The van der Waals surface area contributed by atoms with E-state index < -0.39 is 0 Å². The molecule has 160 valence electrons. The van der Waals surface area contributed by atoms with Crippen LogP contribution in [0.3, 0.4) is 0 Å². The number of hydrogen-bond acceptors (Lipinski definition) is 4. The van der Waals surface area contributed by atoms with Gasteiger partial charge in [0.2, 0.25) is 0 Å². The minimum Gasteiger partial charge on any atom is -0.379 e. The Labute approximate surface area is 183 Å². The molecular weight excluding hydrogens is 455 g/mol. The summed E-state index contributed by atoms with van der Waals surface area (Å²) in [5.74, 6) is 0.941. The predicted octanol–water partition coefficient (Wildman–Crippen LogP) is 3.01. The van der Waals surface area contributed by atoms with Crippen molar-refractivity contribution in [3.8, 4) is 0 Å². The van der Waals surface area contributed by atoms with E-state index in [2.05, 4.69) is 27.4 Å². The van der Waals surface area contributed by atoms with Gasteiger partial charge in [-0.25, -0.2) is 0 Å². The molecule has 0 aromatic carbocycles. The van der Waals surface area contributed by atoms with Gasteiger partial charge in [0, 0.05) is 39.3 Å². The standard InChI is InChI=1S/C20H40N4O2.HI/c1-2-21-20(22-11-6-7-13-24-14-17-25-18-15-24)23-12-8-16-26-19-9-4-3-5-10-19;/h19H,2-18H2,1H3,(H2,21,22,23);1H. The van der Waals surface area contributed by atoms with Crippen molar-refractivity contribution in [1.29, 1.82) is 0 Å². The number of unbranched alkanes of at least 4 members (excludes halogenated alkanes) is 1. The number of halogens is 1. The summed E-state index contributed by atoms with van der Waals surface area (Å²) in [6, 6.07) is 0. The lowest BCUT2D eigenvalue weighted by molar-refractivity contribution is 0.0281. The highest BCUT2D eigenvalue weighted by Gasteiger charge is 2.13. The average Bonchev–Trinajstić information content (AvgIpc) is 2.69. The number of aliphatic imine (C=N–C) groups is 1. The van der Waals surface area contributed by atoms with E-state index in [1.807, 2.05) is 0 Å². The third kappa shape index (κ3) is 12.1. The second kappa shape index (κ2) is 16.8. The molecule has 2 fully saturated rings. The summed E-state index contributed by atoms with van der Waals surface area (Å²) in [5.41, 5.74) is 0. The van der Waals surface area contributed by atoms with Gasteiger partial charge < -0.3 is 20.1 Å². The van der Waals surface area contributed by atoms with Crippen molar-refractivity contribution in [1.82, 2.24) is 15.5 Å². The van der Waals surface area contributed by atoms with Gasteiger partial charge in [0.05, 0.1) is 19.3 Å².